The molecular weight excluding hydrogens is 199 g/mol. The first kappa shape index (κ1) is 11.5. The minimum atomic E-state index is -0.649. The zero-order valence-electron chi connectivity index (χ0n) is 8.16. The SMILES string of the molecule is NC(=O)CCNCc1cccc(F)c1O. The monoisotopic (exact) mass is 212 g/mol. The van der Waals surface area contributed by atoms with E-state index in [2.05, 4.69) is 5.32 Å². The van der Waals surface area contributed by atoms with E-state index in [1.165, 1.54) is 12.1 Å². The average molecular weight is 212 g/mol. The van der Waals surface area contributed by atoms with Gasteiger partial charge in [-0.15, -0.1) is 0 Å². The maximum Gasteiger partial charge on any atom is 0.218 e. The summed E-state index contributed by atoms with van der Waals surface area (Å²) >= 11 is 0. The van der Waals surface area contributed by atoms with Gasteiger partial charge in [0, 0.05) is 25.1 Å². The first-order chi connectivity index (χ1) is 7.11. The highest BCUT2D eigenvalue weighted by Gasteiger charge is 2.05. The van der Waals surface area contributed by atoms with Crippen LogP contribution in [0, 0.1) is 5.82 Å². The van der Waals surface area contributed by atoms with E-state index in [1.807, 2.05) is 0 Å². The molecule has 1 amide bonds. The Labute approximate surface area is 86.9 Å². The number of nitrogens with one attached hydrogen (secondary N) is 1. The molecular formula is C10H13FN2O2. The lowest BCUT2D eigenvalue weighted by Crippen LogP contribution is -2.21. The molecule has 0 heterocycles. The molecule has 0 saturated heterocycles. The van der Waals surface area contributed by atoms with Crippen LogP contribution in [0.5, 0.6) is 5.75 Å². The second-order valence-corrected chi connectivity index (χ2v) is 3.14. The largest absolute Gasteiger partial charge is 0.505 e. The zero-order chi connectivity index (χ0) is 11.3. The number of nitrogens with two attached hydrogens (primary N) is 1. The molecule has 0 bridgehead atoms. The molecule has 1 aromatic carbocycles. The second-order valence-electron chi connectivity index (χ2n) is 3.14. The van der Waals surface area contributed by atoms with Crippen LogP contribution in [0.2, 0.25) is 0 Å². The van der Waals surface area contributed by atoms with Crippen LogP contribution in [0.1, 0.15) is 12.0 Å². The molecule has 0 atom stereocenters. The van der Waals surface area contributed by atoms with Crippen molar-refractivity contribution in [1.82, 2.24) is 5.32 Å². The number of rotatable bonds is 5. The number of phenolic OH excluding ortho intramolecular Hbond substituents is 1. The van der Waals surface area contributed by atoms with Gasteiger partial charge in [0.2, 0.25) is 5.91 Å². The molecule has 82 valence electrons. The fraction of sp³-hybridized carbons (Fsp3) is 0.300. The lowest BCUT2D eigenvalue weighted by molar-refractivity contribution is -0.117. The van der Waals surface area contributed by atoms with E-state index in [-0.39, 0.29) is 12.2 Å². The van der Waals surface area contributed by atoms with Crippen LogP contribution in [-0.2, 0) is 11.3 Å². The number of para-hydroxylation sites is 1. The molecule has 4 N–H and O–H groups in total. The average Bonchev–Trinajstić information content (AvgIpc) is 2.18. The number of aromatic hydroxyl groups is 1. The van der Waals surface area contributed by atoms with Crippen molar-refractivity contribution in [3.05, 3.63) is 29.6 Å². The molecule has 4 nitrogen and oxygen atoms in total. The van der Waals surface area contributed by atoms with Gasteiger partial charge >= 0.3 is 0 Å². The predicted molar refractivity (Wildman–Crippen MR) is 53.6 cm³/mol. The number of benzene rings is 1. The molecule has 0 aliphatic rings. The predicted octanol–water partition coefficient (Wildman–Crippen LogP) is 0.496. The molecule has 0 spiro atoms. The van der Waals surface area contributed by atoms with Crippen molar-refractivity contribution in [2.75, 3.05) is 6.54 Å². The molecule has 0 aliphatic carbocycles. The van der Waals surface area contributed by atoms with Crippen molar-refractivity contribution in [1.29, 1.82) is 0 Å². The minimum absolute atomic E-state index is 0.218. The molecule has 1 aromatic rings. The van der Waals surface area contributed by atoms with E-state index >= 15 is 0 Å². The zero-order valence-corrected chi connectivity index (χ0v) is 8.16. The Morgan fingerprint density at radius 3 is 2.93 bits per heavy atom. The molecule has 5 heteroatoms. The Balaban J connectivity index is 2.44. The van der Waals surface area contributed by atoms with Gasteiger partial charge in [-0.1, -0.05) is 12.1 Å². The van der Waals surface area contributed by atoms with Crippen LogP contribution in [0.3, 0.4) is 0 Å². The highest BCUT2D eigenvalue weighted by molar-refractivity contribution is 5.73. The van der Waals surface area contributed by atoms with Crippen LogP contribution >= 0.6 is 0 Å². The third-order valence-electron chi connectivity index (χ3n) is 1.93. The van der Waals surface area contributed by atoms with Gasteiger partial charge in [-0.2, -0.15) is 0 Å². The normalized spacial score (nSPS) is 10.2. The highest BCUT2D eigenvalue weighted by Crippen LogP contribution is 2.19. The number of primary amides is 1. The molecule has 0 fully saturated rings. The van der Waals surface area contributed by atoms with Gasteiger partial charge in [0.15, 0.2) is 11.6 Å². The summed E-state index contributed by atoms with van der Waals surface area (Å²) in [5.74, 6) is -1.40. The number of halogens is 1. The summed E-state index contributed by atoms with van der Waals surface area (Å²) in [7, 11) is 0. The highest BCUT2D eigenvalue weighted by atomic mass is 19.1. The van der Waals surface area contributed by atoms with Crippen molar-refractivity contribution in [2.24, 2.45) is 5.73 Å². The number of hydrogen-bond acceptors (Lipinski definition) is 3. The Hall–Kier alpha value is -1.62. The fourth-order valence-electron chi connectivity index (χ4n) is 1.14. The van der Waals surface area contributed by atoms with Gasteiger partial charge < -0.3 is 16.2 Å². The third kappa shape index (κ3) is 3.55. The third-order valence-corrected chi connectivity index (χ3v) is 1.93. The van der Waals surface area contributed by atoms with Gasteiger partial charge in [-0.25, -0.2) is 4.39 Å². The van der Waals surface area contributed by atoms with E-state index < -0.39 is 11.7 Å². The first-order valence-electron chi connectivity index (χ1n) is 4.56. The van der Waals surface area contributed by atoms with Crippen LogP contribution < -0.4 is 11.1 Å². The van der Waals surface area contributed by atoms with Gasteiger partial charge in [0.25, 0.3) is 0 Å². The Morgan fingerprint density at radius 1 is 1.53 bits per heavy atom. The summed E-state index contributed by atoms with van der Waals surface area (Å²) in [6, 6.07) is 4.30. The summed E-state index contributed by atoms with van der Waals surface area (Å²) in [5.41, 5.74) is 5.40. The minimum Gasteiger partial charge on any atom is -0.505 e. The summed E-state index contributed by atoms with van der Waals surface area (Å²) in [6.07, 6.45) is 0.218. The van der Waals surface area contributed by atoms with E-state index in [0.29, 0.717) is 18.7 Å². The smallest absolute Gasteiger partial charge is 0.218 e. The van der Waals surface area contributed by atoms with Gasteiger partial charge in [0.1, 0.15) is 0 Å². The van der Waals surface area contributed by atoms with Gasteiger partial charge in [-0.05, 0) is 6.07 Å². The standard InChI is InChI=1S/C10H13FN2O2/c11-8-3-1-2-7(10(8)15)6-13-5-4-9(12)14/h1-3,13,15H,4-6H2,(H2,12,14). The maximum atomic E-state index is 12.9. The molecule has 1 rings (SSSR count). The number of carbonyl (C=O) groups excluding carboxylic acids is 1. The molecule has 0 unspecified atom stereocenters. The van der Waals surface area contributed by atoms with Crippen molar-refractivity contribution in [2.45, 2.75) is 13.0 Å². The van der Waals surface area contributed by atoms with E-state index in [1.54, 1.807) is 6.07 Å². The van der Waals surface area contributed by atoms with E-state index in [0.717, 1.165) is 0 Å². The van der Waals surface area contributed by atoms with Crippen LogP contribution in [0.4, 0.5) is 4.39 Å². The van der Waals surface area contributed by atoms with Gasteiger partial charge in [0.05, 0.1) is 0 Å². The Morgan fingerprint density at radius 2 is 2.27 bits per heavy atom. The van der Waals surface area contributed by atoms with Crippen molar-refractivity contribution >= 4 is 5.91 Å². The number of amides is 1. The molecule has 0 saturated carbocycles. The van der Waals surface area contributed by atoms with Crippen LogP contribution in [0.15, 0.2) is 18.2 Å². The summed E-state index contributed by atoms with van der Waals surface area (Å²) < 4.78 is 12.9. The summed E-state index contributed by atoms with van der Waals surface area (Å²) in [4.78, 5) is 10.4. The van der Waals surface area contributed by atoms with Crippen LogP contribution in [0.25, 0.3) is 0 Å². The number of hydrogen-bond donors (Lipinski definition) is 3. The molecule has 0 aliphatic heterocycles. The maximum absolute atomic E-state index is 12.9. The Kier molecular flexibility index (Phi) is 4.05. The van der Waals surface area contributed by atoms with Gasteiger partial charge in [-0.3, -0.25) is 4.79 Å². The topological polar surface area (TPSA) is 75.4 Å². The number of carbonyl (C=O) groups is 1. The first-order valence-corrected chi connectivity index (χ1v) is 4.56. The summed E-state index contributed by atoms with van der Waals surface area (Å²) in [6.45, 7) is 0.710. The quantitative estimate of drug-likeness (QED) is 0.622. The Bertz CT molecular complexity index is 355. The lowest BCUT2D eigenvalue weighted by atomic mass is 10.2. The molecule has 0 radical (unpaired) electrons. The molecule has 0 aromatic heterocycles. The van der Waals surface area contributed by atoms with E-state index in [4.69, 9.17) is 5.73 Å². The van der Waals surface area contributed by atoms with Crippen molar-refractivity contribution in [3.8, 4) is 5.75 Å². The fourth-order valence-corrected chi connectivity index (χ4v) is 1.14. The lowest BCUT2D eigenvalue weighted by Gasteiger charge is -2.06. The summed E-state index contributed by atoms with van der Waals surface area (Å²) in [5, 5.41) is 12.2. The molecule has 15 heavy (non-hydrogen) atoms. The van der Waals surface area contributed by atoms with E-state index in [9.17, 15) is 14.3 Å². The number of phenols is 1. The second kappa shape index (κ2) is 5.31. The van der Waals surface area contributed by atoms with Crippen molar-refractivity contribution < 1.29 is 14.3 Å². The van der Waals surface area contributed by atoms with Crippen molar-refractivity contribution in [3.63, 3.8) is 0 Å². The van der Waals surface area contributed by atoms with Crippen LogP contribution in [-0.4, -0.2) is 17.6 Å².